The summed E-state index contributed by atoms with van der Waals surface area (Å²) in [4.78, 5) is 10.4. The van der Waals surface area contributed by atoms with Crippen molar-refractivity contribution in [2.75, 3.05) is 6.61 Å². The number of rotatable bonds is 1. The van der Waals surface area contributed by atoms with E-state index in [1.165, 1.54) is 6.92 Å². The minimum Gasteiger partial charge on any atom is -0.359 e. The van der Waals surface area contributed by atoms with Gasteiger partial charge in [0.15, 0.2) is 0 Å². The van der Waals surface area contributed by atoms with E-state index in [4.69, 9.17) is 4.74 Å². The summed E-state index contributed by atoms with van der Waals surface area (Å²) in [6, 6.07) is 0. The smallest absolute Gasteiger partial charge is 0.218 e. The SMILES string of the molecule is CC(=O)N[C@H]1CCCO1. The lowest BCUT2D eigenvalue weighted by Gasteiger charge is -2.08. The average molecular weight is 129 g/mol. The van der Waals surface area contributed by atoms with Crippen LogP contribution in [-0.4, -0.2) is 18.7 Å². The molecule has 0 radical (unpaired) electrons. The summed E-state index contributed by atoms with van der Waals surface area (Å²) in [6.45, 7) is 2.28. The molecule has 0 aromatic heterocycles. The van der Waals surface area contributed by atoms with Crippen molar-refractivity contribution in [1.29, 1.82) is 0 Å². The van der Waals surface area contributed by atoms with Gasteiger partial charge in [0.25, 0.3) is 0 Å². The van der Waals surface area contributed by atoms with Gasteiger partial charge in [-0.15, -0.1) is 0 Å². The number of ether oxygens (including phenoxy) is 1. The van der Waals surface area contributed by atoms with Crippen LogP contribution in [0, 0.1) is 0 Å². The summed E-state index contributed by atoms with van der Waals surface area (Å²) in [6.07, 6.45) is 2.01. The molecule has 1 aliphatic rings. The Morgan fingerprint density at radius 1 is 1.78 bits per heavy atom. The molecule has 1 fully saturated rings. The van der Waals surface area contributed by atoms with E-state index in [9.17, 15) is 4.79 Å². The van der Waals surface area contributed by atoms with Crippen LogP contribution < -0.4 is 5.32 Å². The van der Waals surface area contributed by atoms with Gasteiger partial charge in [-0.25, -0.2) is 0 Å². The van der Waals surface area contributed by atoms with E-state index in [0.29, 0.717) is 0 Å². The predicted molar refractivity (Wildman–Crippen MR) is 32.8 cm³/mol. The highest BCUT2D eigenvalue weighted by atomic mass is 16.5. The number of nitrogens with one attached hydrogen (secondary N) is 1. The van der Waals surface area contributed by atoms with Crippen molar-refractivity contribution < 1.29 is 9.53 Å². The summed E-state index contributed by atoms with van der Waals surface area (Å²) < 4.78 is 5.13. The Kier molecular flexibility index (Phi) is 2.05. The standard InChI is InChI=1S/C6H11NO2/c1-5(8)7-6-3-2-4-9-6/h6H,2-4H2,1H3,(H,7,8)/t6-/m1/s1. The fourth-order valence-electron chi connectivity index (χ4n) is 0.918. The Morgan fingerprint density at radius 2 is 2.56 bits per heavy atom. The summed E-state index contributed by atoms with van der Waals surface area (Å²) in [5, 5.41) is 2.68. The number of hydrogen-bond donors (Lipinski definition) is 1. The first-order valence-electron chi connectivity index (χ1n) is 3.18. The van der Waals surface area contributed by atoms with Crippen molar-refractivity contribution in [3.05, 3.63) is 0 Å². The van der Waals surface area contributed by atoms with E-state index < -0.39 is 0 Å². The molecule has 9 heavy (non-hydrogen) atoms. The van der Waals surface area contributed by atoms with Gasteiger partial charge in [-0.05, 0) is 12.8 Å². The fraction of sp³-hybridized carbons (Fsp3) is 0.833. The maximum Gasteiger partial charge on any atom is 0.218 e. The van der Waals surface area contributed by atoms with E-state index in [1.54, 1.807) is 0 Å². The van der Waals surface area contributed by atoms with Crippen LogP contribution in [0.2, 0.25) is 0 Å². The molecule has 0 aliphatic carbocycles. The van der Waals surface area contributed by atoms with Crippen LogP contribution >= 0.6 is 0 Å². The molecule has 1 aliphatic heterocycles. The van der Waals surface area contributed by atoms with E-state index in [0.717, 1.165) is 19.4 Å². The highest BCUT2D eigenvalue weighted by molar-refractivity contribution is 5.72. The second kappa shape index (κ2) is 2.82. The van der Waals surface area contributed by atoms with Crippen LogP contribution in [-0.2, 0) is 9.53 Å². The van der Waals surface area contributed by atoms with Gasteiger partial charge < -0.3 is 10.1 Å². The van der Waals surface area contributed by atoms with Crippen molar-refractivity contribution in [2.24, 2.45) is 0 Å². The van der Waals surface area contributed by atoms with Crippen LogP contribution in [0.25, 0.3) is 0 Å². The van der Waals surface area contributed by atoms with Crippen LogP contribution in [0.5, 0.6) is 0 Å². The third-order valence-corrected chi connectivity index (χ3v) is 1.29. The van der Waals surface area contributed by atoms with Crippen LogP contribution in [0.1, 0.15) is 19.8 Å². The van der Waals surface area contributed by atoms with Crippen LogP contribution in [0.3, 0.4) is 0 Å². The lowest BCUT2D eigenvalue weighted by atomic mass is 10.3. The average Bonchev–Trinajstić information content (AvgIpc) is 2.15. The van der Waals surface area contributed by atoms with E-state index in [-0.39, 0.29) is 12.1 Å². The normalized spacial score (nSPS) is 26.1. The Balaban J connectivity index is 2.19. The number of amides is 1. The predicted octanol–water partition coefficient (Wildman–Crippen LogP) is 0.259. The lowest BCUT2D eigenvalue weighted by molar-refractivity contribution is -0.122. The maximum atomic E-state index is 10.4. The van der Waals surface area contributed by atoms with E-state index in [1.807, 2.05) is 0 Å². The Morgan fingerprint density at radius 3 is 3.00 bits per heavy atom. The van der Waals surface area contributed by atoms with Gasteiger partial charge in [-0.1, -0.05) is 0 Å². The van der Waals surface area contributed by atoms with Crippen molar-refractivity contribution in [3.63, 3.8) is 0 Å². The molecule has 1 saturated heterocycles. The molecule has 0 unspecified atom stereocenters. The molecule has 1 atom stereocenters. The summed E-state index contributed by atoms with van der Waals surface area (Å²) in [5.41, 5.74) is 0. The zero-order valence-electron chi connectivity index (χ0n) is 5.52. The molecule has 1 rings (SSSR count). The van der Waals surface area contributed by atoms with E-state index in [2.05, 4.69) is 5.32 Å². The minimum absolute atomic E-state index is 0.0116. The Labute approximate surface area is 54.4 Å². The van der Waals surface area contributed by atoms with Crippen molar-refractivity contribution in [3.8, 4) is 0 Å². The molecule has 3 nitrogen and oxygen atoms in total. The highest BCUT2D eigenvalue weighted by Crippen LogP contribution is 2.08. The second-order valence-electron chi connectivity index (χ2n) is 2.20. The summed E-state index contributed by atoms with van der Waals surface area (Å²) >= 11 is 0. The molecular weight excluding hydrogens is 118 g/mol. The quantitative estimate of drug-likeness (QED) is 0.551. The fourth-order valence-corrected chi connectivity index (χ4v) is 0.918. The summed E-state index contributed by atoms with van der Waals surface area (Å²) in [5.74, 6) is -0.0121. The second-order valence-corrected chi connectivity index (χ2v) is 2.20. The largest absolute Gasteiger partial charge is 0.359 e. The van der Waals surface area contributed by atoms with Gasteiger partial charge in [0, 0.05) is 13.5 Å². The lowest BCUT2D eigenvalue weighted by Crippen LogP contribution is -2.31. The van der Waals surface area contributed by atoms with Crippen molar-refractivity contribution >= 4 is 5.91 Å². The first-order chi connectivity index (χ1) is 4.29. The topological polar surface area (TPSA) is 38.3 Å². The molecule has 52 valence electrons. The Bertz CT molecular complexity index is 108. The first-order valence-corrected chi connectivity index (χ1v) is 3.18. The zero-order valence-corrected chi connectivity index (χ0v) is 5.52. The van der Waals surface area contributed by atoms with Crippen molar-refractivity contribution in [2.45, 2.75) is 26.0 Å². The monoisotopic (exact) mass is 129 g/mol. The third-order valence-electron chi connectivity index (χ3n) is 1.29. The molecule has 1 N–H and O–H groups in total. The molecule has 1 amide bonds. The van der Waals surface area contributed by atoms with E-state index >= 15 is 0 Å². The zero-order chi connectivity index (χ0) is 6.69. The number of hydrogen-bond acceptors (Lipinski definition) is 2. The number of carbonyl (C=O) groups is 1. The number of carbonyl (C=O) groups excluding carboxylic acids is 1. The molecule has 0 aromatic rings. The third kappa shape index (κ3) is 2.01. The van der Waals surface area contributed by atoms with Gasteiger partial charge in [-0.2, -0.15) is 0 Å². The summed E-state index contributed by atoms with van der Waals surface area (Å²) in [7, 11) is 0. The molecule has 3 heteroatoms. The van der Waals surface area contributed by atoms with Gasteiger partial charge in [0.05, 0.1) is 0 Å². The molecule has 1 heterocycles. The van der Waals surface area contributed by atoms with Crippen LogP contribution in [0.15, 0.2) is 0 Å². The maximum absolute atomic E-state index is 10.4. The minimum atomic E-state index is -0.0121. The molecule has 0 bridgehead atoms. The molecule has 0 aromatic carbocycles. The Hall–Kier alpha value is -0.570. The highest BCUT2D eigenvalue weighted by Gasteiger charge is 2.14. The van der Waals surface area contributed by atoms with Gasteiger partial charge in [0.2, 0.25) is 5.91 Å². The molecule has 0 spiro atoms. The van der Waals surface area contributed by atoms with Crippen molar-refractivity contribution in [1.82, 2.24) is 5.32 Å². The van der Waals surface area contributed by atoms with Gasteiger partial charge in [-0.3, -0.25) is 4.79 Å². The first kappa shape index (κ1) is 6.55. The van der Waals surface area contributed by atoms with Gasteiger partial charge in [0.1, 0.15) is 6.23 Å². The molecule has 0 saturated carbocycles. The van der Waals surface area contributed by atoms with Crippen LogP contribution in [0.4, 0.5) is 0 Å². The van der Waals surface area contributed by atoms with Gasteiger partial charge >= 0.3 is 0 Å². The molecular formula is C6H11NO2.